The number of nitrogens with zero attached hydrogens (tertiary/aromatic N) is 7. The van der Waals surface area contributed by atoms with Crippen LogP contribution in [0.3, 0.4) is 0 Å². The summed E-state index contributed by atoms with van der Waals surface area (Å²) in [6.45, 7) is 9.36. The van der Waals surface area contributed by atoms with E-state index in [2.05, 4.69) is 30.9 Å². The molecule has 4 aromatic heterocycles. The van der Waals surface area contributed by atoms with E-state index in [-0.39, 0.29) is 116 Å². The number of ether oxygens (including phenoxy) is 5. The van der Waals surface area contributed by atoms with Gasteiger partial charge in [0.1, 0.15) is 48.1 Å². The number of imidazole rings is 2. The Balaban J connectivity index is 0.000000195. The lowest BCUT2D eigenvalue weighted by molar-refractivity contribution is -0.138. The van der Waals surface area contributed by atoms with Gasteiger partial charge in [-0.25, -0.2) is 47.1 Å². The fourth-order valence-corrected chi connectivity index (χ4v) is 12.1. The summed E-state index contributed by atoms with van der Waals surface area (Å²) in [5.41, 5.74) is 0.658. The van der Waals surface area contributed by atoms with Crippen LogP contribution in [0.2, 0.25) is 0 Å². The number of carboxylic acid groups (broad SMARTS) is 1. The molecule has 6 aromatic carbocycles. The first kappa shape index (κ1) is 67.7. The highest BCUT2D eigenvalue weighted by Crippen LogP contribution is 2.43. The number of hydrogen-bond acceptors (Lipinski definition) is 12. The van der Waals surface area contributed by atoms with Crippen LogP contribution in [0.5, 0.6) is 11.8 Å². The van der Waals surface area contributed by atoms with Crippen molar-refractivity contribution in [3.8, 4) is 40.3 Å². The molecule has 0 amide bonds. The monoisotopic (exact) mass is 1390 g/mol. The Morgan fingerprint density at radius 3 is 1.49 bits per heavy atom. The molecule has 0 aliphatic carbocycles. The number of alkyl halides is 6. The molecule has 0 saturated carbocycles. The number of fused-ring (bicyclic) bond motifs is 2. The van der Waals surface area contributed by atoms with Gasteiger partial charge in [-0.05, 0) is 108 Å². The Morgan fingerprint density at radius 1 is 0.594 bits per heavy atom. The molecule has 0 unspecified atom stereocenters. The maximum Gasteiger partial charge on any atom is 0.416 e. The minimum Gasteiger partial charge on any atom is -0.478 e. The molecule has 12 rings (SSSR count). The second-order valence-electron chi connectivity index (χ2n) is 24.3. The zero-order valence-electron chi connectivity index (χ0n) is 51.6. The van der Waals surface area contributed by atoms with Gasteiger partial charge >= 0.3 is 24.3 Å². The van der Waals surface area contributed by atoms with Gasteiger partial charge in [0.15, 0.2) is 0 Å². The van der Waals surface area contributed by atoms with Crippen molar-refractivity contribution in [2.75, 3.05) is 33.5 Å². The summed E-state index contributed by atoms with van der Waals surface area (Å²) in [5, 5.41) is 18.9. The normalized spacial score (nSPS) is 15.9. The number of carbonyl (C=O) groups is 2. The van der Waals surface area contributed by atoms with E-state index in [1.54, 1.807) is 36.4 Å². The molecule has 2 saturated heterocycles. The van der Waals surface area contributed by atoms with Crippen LogP contribution in [0.25, 0.3) is 44.6 Å². The van der Waals surface area contributed by atoms with Gasteiger partial charge in [-0.2, -0.15) is 31.6 Å². The van der Waals surface area contributed by atoms with E-state index in [9.17, 15) is 46.3 Å². The maximum absolute atomic E-state index is 15.7. The highest BCUT2D eigenvalue weighted by molar-refractivity contribution is 9.10. The molecule has 2 aliphatic rings. The summed E-state index contributed by atoms with van der Waals surface area (Å²) in [7, 11) is 1.30. The van der Waals surface area contributed by atoms with E-state index in [0.717, 1.165) is 54.6 Å². The molecule has 96 heavy (non-hydrogen) atoms. The second-order valence-corrected chi connectivity index (χ2v) is 25.2. The quantitative estimate of drug-likeness (QED) is 0.0712. The van der Waals surface area contributed by atoms with Crippen LogP contribution in [-0.4, -0.2) is 79.7 Å². The van der Waals surface area contributed by atoms with Gasteiger partial charge in [-0.15, -0.1) is 0 Å². The predicted octanol–water partition coefficient (Wildman–Crippen LogP) is 16.4. The number of esters is 1. The minimum atomic E-state index is -4.61. The van der Waals surface area contributed by atoms with Crippen molar-refractivity contribution in [1.29, 1.82) is 5.26 Å². The van der Waals surface area contributed by atoms with Crippen LogP contribution in [-0.2, 0) is 52.6 Å². The lowest BCUT2D eigenvalue weighted by atomic mass is 9.87. The van der Waals surface area contributed by atoms with Crippen LogP contribution in [0.1, 0.15) is 111 Å². The predicted molar refractivity (Wildman–Crippen MR) is 334 cm³/mol. The number of carbonyl (C=O) groups excluding carboxylic acids is 1. The van der Waals surface area contributed by atoms with E-state index in [1.165, 1.54) is 55.6 Å². The van der Waals surface area contributed by atoms with Crippen LogP contribution >= 0.6 is 15.9 Å². The Bertz CT molecular complexity index is 4720. The smallest absolute Gasteiger partial charge is 0.416 e. The van der Waals surface area contributed by atoms with Crippen LogP contribution < -0.4 is 9.47 Å². The van der Waals surface area contributed by atoms with Crippen molar-refractivity contribution >= 4 is 49.9 Å². The third-order valence-corrected chi connectivity index (χ3v) is 17.5. The average molecular weight is 1390 g/mol. The van der Waals surface area contributed by atoms with Gasteiger partial charge < -0.3 is 37.9 Å². The Morgan fingerprint density at radius 2 is 1.05 bits per heavy atom. The number of benzene rings is 6. The standard InChI is InChI=1S/C35H29BrF5N3O4.C35H27F5N4O4/c1-34(2)18-47-17-30(34)44-29-12-19(33(45)46-3)8-10-28(29)42-31(44)13-21-11-26(38)23(15-25(21)37)27-5-4-6-32(43-27)48-16-20-7-9-22(14-24(20)36)35(39,40)41;1-34(2)18-47-17-30(34)44-29-12-19(33(45)46)7-9-28(29)42-31(44)13-21-11-26(37)24(14-25(21)36)27-4-3-5-32(43-27)48-16-20-6-8-23(35(38,39)40)10-22(20)15-41/h4-12,14-15,30H,13,16-18H2,1-3H3;3-12,14,30H,13,16-18H2,1-2H3,(H,45,46)/t2*30-/m11/s1. The number of rotatable bonds is 16. The number of nitriles is 1. The number of aromatic nitrogens is 6. The summed E-state index contributed by atoms with van der Waals surface area (Å²) >= 11 is 3.14. The van der Waals surface area contributed by atoms with E-state index >= 15 is 17.6 Å². The van der Waals surface area contributed by atoms with Gasteiger partial charge in [0.25, 0.3) is 0 Å². The number of halogens is 11. The molecule has 496 valence electrons. The molecule has 0 radical (unpaired) electrons. The van der Waals surface area contributed by atoms with Crippen molar-refractivity contribution in [3.05, 3.63) is 223 Å². The summed E-state index contributed by atoms with van der Waals surface area (Å²) in [6.07, 6.45) is -9.24. The Hall–Kier alpha value is -9.71. The van der Waals surface area contributed by atoms with E-state index < -0.39 is 58.7 Å². The molecule has 10 aromatic rings. The molecule has 2 fully saturated rings. The van der Waals surface area contributed by atoms with Crippen LogP contribution in [0, 0.1) is 45.4 Å². The summed E-state index contributed by atoms with van der Waals surface area (Å²) in [4.78, 5) is 42.0. The maximum atomic E-state index is 15.7. The molecule has 6 heterocycles. The van der Waals surface area contributed by atoms with Crippen molar-refractivity contribution in [2.45, 2.75) is 78.2 Å². The fraction of sp³-hybridized carbons (Fsp3) is 0.271. The van der Waals surface area contributed by atoms with E-state index in [0.29, 0.717) is 71.3 Å². The van der Waals surface area contributed by atoms with Crippen molar-refractivity contribution in [2.24, 2.45) is 10.8 Å². The van der Waals surface area contributed by atoms with Crippen molar-refractivity contribution in [3.63, 3.8) is 0 Å². The van der Waals surface area contributed by atoms with Crippen molar-refractivity contribution < 1.29 is 82.3 Å². The first-order valence-corrected chi connectivity index (χ1v) is 30.4. The third-order valence-electron chi connectivity index (χ3n) is 16.8. The SMILES string of the molecule is CC1(C)COC[C@H]1n1c(Cc2cc(F)c(-c3cccc(OCc4ccc(C(F)(F)F)cc4C#N)n3)cc2F)nc2ccc(C(=O)O)cc21.COC(=O)c1ccc2nc(Cc3cc(F)c(-c4cccc(OCc5ccc(C(F)(F)F)cc5Br)n4)cc3F)n([C@@H]3COCC3(C)C)c2c1. The largest absolute Gasteiger partial charge is 0.478 e. The van der Waals surface area contributed by atoms with Crippen LogP contribution in [0.15, 0.2) is 138 Å². The van der Waals surface area contributed by atoms with Gasteiger partial charge in [0, 0.05) is 62.5 Å². The number of pyridine rings is 2. The average Bonchev–Trinajstić information content (AvgIpc) is 1.60. The third kappa shape index (κ3) is 14.3. The lowest BCUT2D eigenvalue weighted by Gasteiger charge is -2.28. The molecule has 0 bridgehead atoms. The zero-order valence-corrected chi connectivity index (χ0v) is 53.2. The summed E-state index contributed by atoms with van der Waals surface area (Å²) < 4.78 is 173. The van der Waals surface area contributed by atoms with Gasteiger partial charge in [-0.1, -0.05) is 67.9 Å². The number of carboxylic acids is 1. The van der Waals surface area contributed by atoms with E-state index in [4.69, 9.17) is 28.7 Å². The molecular formula is C70H56BrF10N7O8. The molecule has 2 atom stereocenters. The zero-order chi connectivity index (χ0) is 68.8. The highest BCUT2D eigenvalue weighted by Gasteiger charge is 2.41. The Labute approximate surface area is 550 Å². The molecular weight excluding hydrogens is 1340 g/mol. The van der Waals surface area contributed by atoms with Gasteiger partial charge in [0.2, 0.25) is 11.8 Å². The first-order chi connectivity index (χ1) is 45.5. The number of hydrogen-bond donors (Lipinski definition) is 1. The molecule has 15 nitrogen and oxygen atoms in total. The Kier molecular flexibility index (Phi) is 18.9. The summed E-state index contributed by atoms with van der Waals surface area (Å²) in [5.74, 6) is -3.56. The molecule has 1 N–H and O–H groups in total. The number of aromatic carboxylic acids is 1. The van der Waals surface area contributed by atoms with Gasteiger partial charge in [0.05, 0.1) is 113 Å². The summed E-state index contributed by atoms with van der Waals surface area (Å²) in [6, 6.07) is 29.9. The van der Waals surface area contributed by atoms with E-state index in [1.807, 2.05) is 36.8 Å². The fourth-order valence-electron chi connectivity index (χ4n) is 11.6. The molecule has 2 aliphatic heterocycles. The lowest BCUT2D eigenvalue weighted by Crippen LogP contribution is -2.27. The highest BCUT2D eigenvalue weighted by atomic mass is 79.9. The van der Waals surface area contributed by atoms with Crippen molar-refractivity contribution in [1.82, 2.24) is 29.1 Å². The number of methoxy groups -OCH3 is 1. The molecule has 26 heteroatoms. The minimum absolute atomic E-state index is 0.0155. The second kappa shape index (κ2) is 26.8. The van der Waals surface area contributed by atoms with Gasteiger partial charge in [-0.3, -0.25) is 0 Å². The van der Waals surface area contributed by atoms with Crippen LogP contribution in [0.4, 0.5) is 43.9 Å². The topological polar surface area (TPSA) is 186 Å². The molecule has 0 spiro atoms. The first-order valence-electron chi connectivity index (χ1n) is 29.6.